The van der Waals surface area contributed by atoms with Crippen LogP contribution < -0.4 is 5.32 Å². The molecule has 0 aliphatic carbocycles. The van der Waals surface area contributed by atoms with Crippen LogP contribution in [0.5, 0.6) is 0 Å². The smallest absolute Gasteiger partial charge is 0.246 e. The molecule has 0 bridgehead atoms. The SMILES string of the molecule is CCn1ncc(Cn2cc(NC(=O)Cn3nc(C)c4c(-c5ccccc5)ccnc43)cn2)c1C. The summed E-state index contributed by atoms with van der Waals surface area (Å²) in [4.78, 5) is 17.3. The first-order valence-corrected chi connectivity index (χ1v) is 11.2. The molecule has 4 heterocycles. The molecule has 1 N–H and O–H groups in total. The van der Waals surface area contributed by atoms with Gasteiger partial charge in [-0.05, 0) is 38.0 Å². The van der Waals surface area contributed by atoms with E-state index in [-0.39, 0.29) is 12.5 Å². The molecule has 5 aromatic rings. The van der Waals surface area contributed by atoms with Crippen molar-refractivity contribution in [3.8, 4) is 11.1 Å². The van der Waals surface area contributed by atoms with Gasteiger partial charge in [-0.25, -0.2) is 9.67 Å². The highest BCUT2D eigenvalue weighted by molar-refractivity contribution is 5.96. The second-order valence-corrected chi connectivity index (χ2v) is 8.21. The number of hydrogen-bond donors (Lipinski definition) is 1. The zero-order chi connectivity index (χ0) is 23.7. The summed E-state index contributed by atoms with van der Waals surface area (Å²) in [5.74, 6) is -0.189. The van der Waals surface area contributed by atoms with Crippen LogP contribution in [0, 0.1) is 13.8 Å². The van der Waals surface area contributed by atoms with E-state index in [0.29, 0.717) is 17.9 Å². The zero-order valence-corrected chi connectivity index (χ0v) is 19.4. The number of anilines is 1. The summed E-state index contributed by atoms with van der Waals surface area (Å²) >= 11 is 0. The molecule has 0 radical (unpaired) electrons. The van der Waals surface area contributed by atoms with Gasteiger partial charge in [-0.2, -0.15) is 15.3 Å². The maximum Gasteiger partial charge on any atom is 0.246 e. The molecular formula is C25H26N8O. The lowest BCUT2D eigenvalue weighted by atomic mass is 10.0. The van der Waals surface area contributed by atoms with Gasteiger partial charge in [0.1, 0.15) is 6.54 Å². The monoisotopic (exact) mass is 454 g/mol. The third kappa shape index (κ3) is 4.07. The first kappa shape index (κ1) is 21.6. The molecule has 172 valence electrons. The Kier molecular flexibility index (Phi) is 5.67. The van der Waals surface area contributed by atoms with E-state index in [2.05, 4.69) is 44.7 Å². The van der Waals surface area contributed by atoms with Gasteiger partial charge < -0.3 is 5.32 Å². The molecule has 0 fully saturated rings. The van der Waals surface area contributed by atoms with Gasteiger partial charge in [-0.1, -0.05) is 30.3 Å². The molecule has 0 saturated carbocycles. The van der Waals surface area contributed by atoms with Crippen LogP contribution in [0.3, 0.4) is 0 Å². The van der Waals surface area contributed by atoms with Crippen LogP contribution in [0.1, 0.15) is 23.9 Å². The third-order valence-corrected chi connectivity index (χ3v) is 5.94. The number of benzene rings is 1. The predicted octanol–water partition coefficient (Wildman–Crippen LogP) is 3.82. The Morgan fingerprint density at radius 2 is 1.85 bits per heavy atom. The molecule has 0 unspecified atom stereocenters. The van der Waals surface area contributed by atoms with Crippen molar-refractivity contribution < 1.29 is 4.79 Å². The number of fused-ring (bicyclic) bond motifs is 1. The van der Waals surface area contributed by atoms with Crippen LogP contribution >= 0.6 is 0 Å². The fourth-order valence-corrected chi connectivity index (χ4v) is 4.23. The molecule has 34 heavy (non-hydrogen) atoms. The summed E-state index contributed by atoms with van der Waals surface area (Å²) in [7, 11) is 0. The lowest BCUT2D eigenvalue weighted by Gasteiger charge is -2.06. The topological polar surface area (TPSA) is 95.5 Å². The summed E-state index contributed by atoms with van der Waals surface area (Å²) in [5.41, 5.74) is 6.52. The Labute approximate surface area is 197 Å². The highest BCUT2D eigenvalue weighted by Crippen LogP contribution is 2.29. The minimum atomic E-state index is -0.189. The normalized spacial score (nSPS) is 11.3. The summed E-state index contributed by atoms with van der Waals surface area (Å²) in [6.07, 6.45) is 7.09. The molecule has 9 heteroatoms. The molecule has 4 aromatic heterocycles. The third-order valence-electron chi connectivity index (χ3n) is 5.94. The number of rotatable bonds is 7. The maximum atomic E-state index is 12.8. The lowest BCUT2D eigenvalue weighted by Crippen LogP contribution is -2.19. The number of nitrogens with zero attached hydrogens (tertiary/aromatic N) is 7. The number of amides is 1. The molecule has 1 aromatic carbocycles. The first-order valence-electron chi connectivity index (χ1n) is 11.2. The van der Waals surface area contributed by atoms with Gasteiger partial charge in [-0.3, -0.25) is 14.2 Å². The number of aromatic nitrogens is 7. The zero-order valence-electron chi connectivity index (χ0n) is 19.4. The second-order valence-electron chi connectivity index (χ2n) is 8.21. The van der Waals surface area contributed by atoms with Gasteiger partial charge in [0.2, 0.25) is 5.91 Å². The molecule has 5 rings (SSSR count). The van der Waals surface area contributed by atoms with E-state index in [4.69, 9.17) is 0 Å². The minimum absolute atomic E-state index is 0.0587. The summed E-state index contributed by atoms with van der Waals surface area (Å²) < 4.78 is 5.40. The van der Waals surface area contributed by atoms with E-state index >= 15 is 0 Å². The van der Waals surface area contributed by atoms with E-state index in [1.807, 2.05) is 55.2 Å². The Morgan fingerprint density at radius 1 is 1.03 bits per heavy atom. The van der Waals surface area contributed by atoms with Crippen molar-refractivity contribution in [1.82, 2.24) is 34.3 Å². The number of nitrogens with one attached hydrogen (secondary N) is 1. The van der Waals surface area contributed by atoms with Crippen LogP contribution in [0.25, 0.3) is 22.2 Å². The Bertz CT molecular complexity index is 1460. The van der Waals surface area contributed by atoms with E-state index in [1.165, 1.54) is 0 Å². The van der Waals surface area contributed by atoms with Crippen molar-refractivity contribution in [2.75, 3.05) is 5.32 Å². The fourth-order valence-electron chi connectivity index (χ4n) is 4.23. The van der Waals surface area contributed by atoms with Gasteiger partial charge in [0.05, 0.1) is 30.3 Å². The summed E-state index contributed by atoms with van der Waals surface area (Å²) in [6, 6.07) is 12.1. The molecule has 0 aliphatic rings. The van der Waals surface area contributed by atoms with Crippen molar-refractivity contribution in [2.45, 2.75) is 40.4 Å². The fraction of sp³-hybridized carbons (Fsp3) is 0.240. The largest absolute Gasteiger partial charge is 0.322 e. The molecule has 9 nitrogen and oxygen atoms in total. The Balaban J connectivity index is 1.32. The molecule has 0 spiro atoms. The quantitative estimate of drug-likeness (QED) is 0.403. The lowest BCUT2D eigenvalue weighted by molar-refractivity contribution is -0.116. The Hall–Kier alpha value is -4.27. The summed E-state index contributed by atoms with van der Waals surface area (Å²) in [5, 5.41) is 17.2. The van der Waals surface area contributed by atoms with Crippen LogP contribution in [0.15, 0.2) is 61.2 Å². The second kappa shape index (κ2) is 8.93. The van der Waals surface area contributed by atoms with Crippen LogP contribution in [-0.2, 0) is 24.4 Å². The number of aryl methyl sites for hydroxylation is 2. The molecule has 0 atom stereocenters. The van der Waals surface area contributed by atoms with Crippen LogP contribution in [0.4, 0.5) is 5.69 Å². The number of hydrogen-bond acceptors (Lipinski definition) is 5. The van der Waals surface area contributed by atoms with Crippen LogP contribution in [0.2, 0.25) is 0 Å². The van der Waals surface area contributed by atoms with Crippen LogP contribution in [-0.4, -0.2) is 40.2 Å². The van der Waals surface area contributed by atoms with E-state index in [0.717, 1.165) is 40.0 Å². The molecule has 0 aliphatic heterocycles. The standard InChI is InChI=1S/C25H26N8O/c1-4-32-18(3)20(12-28-32)14-31-15-21(13-27-31)29-23(34)16-33-25-24(17(2)30-33)22(10-11-26-25)19-8-6-5-7-9-19/h5-13,15H,4,14,16H2,1-3H3,(H,29,34). The van der Waals surface area contributed by atoms with Crippen molar-refractivity contribution >= 4 is 22.6 Å². The maximum absolute atomic E-state index is 12.8. The van der Waals surface area contributed by atoms with Gasteiger partial charge in [-0.15, -0.1) is 0 Å². The molecular weight excluding hydrogens is 428 g/mol. The minimum Gasteiger partial charge on any atom is -0.322 e. The average molecular weight is 455 g/mol. The highest BCUT2D eigenvalue weighted by Gasteiger charge is 2.16. The van der Waals surface area contributed by atoms with E-state index in [1.54, 1.807) is 21.8 Å². The van der Waals surface area contributed by atoms with E-state index < -0.39 is 0 Å². The average Bonchev–Trinajstić information content (AvgIpc) is 3.53. The number of pyridine rings is 1. The number of carbonyl (C=O) groups excluding carboxylic acids is 1. The predicted molar refractivity (Wildman–Crippen MR) is 130 cm³/mol. The van der Waals surface area contributed by atoms with Crippen molar-refractivity contribution in [3.63, 3.8) is 0 Å². The highest BCUT2D eigenvalue weighted by atomic mass is 16.2. The van der Waals surface area contributed by atoms with Crippen molar-refractivity contribution in [3.05, 3.63) is 78.1 Å². The van der Waals surface area contributed by atoms with Gasteiger partial charge in [0.15, 0.2) is 5.65 Å². The van der Waals surface area contributed by atoms with Gasteiger partial charge in [0.25, 0.3) is 0 Å². The summed E-state index contributed by atoms with van der Waals surface area (Å²) in [6.45, 7) is 7.53. The van der Waals surface area contributed by atoms with E-state index in [9.17, 15) is 4.79 Å². The van der Waals surface area contributed by atoms with Gasteiger partial charge >= 0.3 is 0 Å². The van der Waals surface area contributed by atoms with Crippen molar-refractivity contribution in [1.29, 1.82) is 0 Å². The molecule has 1 amide bonds. The Morgan fingerprint density at radius 3 is 2.62 bits per heavy atom. The molecule has 0 saturated heterocycles. The van der Waals surface area contributed by atoms with Gasteiger partial charge in [0, 0.05) is 35.6 Å². The first-order chi connectivity index (χ1) is 16.5. The van der Waals surface area contributed by atoms with Crippen molar-refractivity contribution in [2.24, 2.45) is 0 Å². The number of carbonyl (C=O) groups is 1.